The average molecular weight is 496 g/mol. The number of amides is 1. The van der Waals surface area contributed by atoms with E-state index < -0.39 is 28.7 Å². The minimum atomic E-state index is -4.38. The Morgan fingerprint density at radius 3 is 2.29 bits per heavy atom. The summed E-state index contributed by atoms with van der Waals surface area (Å²) < 4.78 is 65.4. The summed E-state index contributed by atoms with van der Waals surface area (Å²) in [6.45, 7) is -0.782. The van der Waals surface area contributed by atoms with Crippen LogP contribution in [-0.4, -0.2) is 44.4 Å². The number of carbonyl (C=O) groups excluding carboxylic acids is 1. The molecule has 0 atom stereocenters. The van der Waals surface area contributed by atoms with E-state index >= 15 is 0 Å². The third-order valence-corrected chi connectivity index (χ3v) is 8.34. The lowest BCUT2D eigenvalue weighted by Crippen LogP contribution is -2.41. The Hall–Kier alpha value is -2.59. The number of halogens is 3. The van der Waals surface area contributed by atoms with Gasteiger partial charge >= 0.3 is 6.18 Å². The van der Waals surface area contributed by atoms with Crippen molar-refractivity contribution < 1.29 is 26.4 Å². The smallest absolute Gasteiger partial charge is 0.375 e. The van der Waals surface area contributed by atoms with E-state index in [-0.39, 0.29) is 30.4 Å². The molecule has 0 spiro atoms. The maximum atomic E-state index is 13.2. The number of para-hydroxylation sites is 2. The average Bonchev–Trinajstić information content (AvgIpc) is 2.82. The third kappa shape index (κ3) is 5.72. The first-order chi connectivity index (χ1) is 16.1. The Bertz CT molecular complexity index is 1140. The normalized spacial score (nSPS) is 17.7. The molecule has 0 saturated carbocycles. The van der Waals surface area contributed by atoms with Crippen molar-refractivity contribution >= 4 is 27.3 Å². The summed E-state index contributed by atoms with van der Waals surface area (Å²) in [4.78, 5) is 13.1. The predicted octanol–water partition coefficient (Wildman–Crippen LogP) is 4.58. The molecule has 34 heavy (non-hydrogen) atoms. The summed E-state index contributed by atoms with van der Waals surface area (Å²) in [5.74, 6) is -0.752. The number of hydrogen-bond donors (Lipinski definition) is 2. The van der Waals surface area contributed by atoms with Gasteiger partial charge < -0.3 is 10.6 Å². The van der Waals surface area contributed by atoms with Crippen LogP contribution in [0.5, 0.6) is 0 Å². The quantitative estimate of drug-likeness (QED) is 0.615. The Kier molecular flexibility index (Phi) is 7.18. The molecule has 2 aliphatic rings. The van der Waals surface area contributed by atoms with Crippen molar-refractivity contribution in [2.24, 2.45) is 5.92 Å². The van der Waals surface area contributed by atoms with Crippen LogP contribution in [0.1, 0.15) is 36.8 Å². The molecule has 4 rings (SSSR count). The van der Waals surface area contributed by atoms with Crippen molar-refractivity contribution in [2.75, 3.05) is 30.3 Å². The molecule has 0 bridgehead atoms. The third-order valence-electron chi connectivity index (χ3n) is 6.45. The minimum Gasteiger partial charge on any atom is -0.375 e. The van der Waals surface area contributed by atoms with E-state index in [1.807, 2.05) is 6.07 Å². The van der Waals surface area contributed by atoms with Gasteiger partial charge in [0.15, 0.2) is 0 Å². The van der Waals surface area contributed by atoms with Crippen molar-refractivity contribution in [2.45, 2.75) is 49.6 Å². The summed E-state index contributed by atoms with van der Waals surface area (Å²) in [5, 5.41) is 5.00. The van der Waals surface area contributed by atoms with Crippen LogP contribution < -0.4 is 10.6 Å². The molecule has 1 heterocycles. The first kappa shape index (κ1) is 24.5. The van der Waals surface area contributed by atoms with Gasteiger partial charge in [0.05, 0.1) is 16.3 Å². The summed E-state index contributed by atoms with van der Waals surface area (Å²) in [6.07, 6.45) is 0.352. The number of alkyl halides is 3. The summed E-state index contributed by atoms with van der Waals surface area (Å²) in [7, 11) is -3.65. The van der Waals surface area contributed by atoms with Crippen molar-refractivity contribution in [3.63, 3.8) is 0 Å². The topological polar surface area (TPSA) is 78.5 Å². The fraction of sp³-hybridized carbons (Fsp3) is 0.458. The first-order valence-corrected chi connectivity index (χ1v) is 12.9. The number of anilines is 2. The highest BCUT2D eigenvalue weighted by molar-refractivity contribution is 7.89. The molecular weight excluding hydrogens is 467 g/mol. The van der Waals surface area contributed by atoms with Crippen LogP contribution in [0, 0.1) is 5.92 Å². The molecule has 1 saturated heterocycles. The fourth-order valence-corrected chi connectivity index (χ4v) is 6.08. The largest absolute Gasteiger partial charge is 0.405 e. The molecule has 0 radical (unpaired) electrons. The molecule has 10 heteroatoms. The number of fused-ring (bicyclic) bond motifs is 1. The maximum absolute atomic E-state index is 13.2. The summed E-state index contributed by atoms with van der Waals surface area (Å²) in [6, 6.07) is 11.6. The molecule has 184 valence electrons. The Morgan fingerprint density at radius 1 is 0.971 bits per heavy atom. The fourth-order valence-electron chi connectivity index (χ4n) is 4.55. The van der Waals surface area contributed by atoms with Gasteiger partial charge in [0.25, 0.3) is 0 Å². The van der Waals surface area contributed by atoms with Gasteiger partial charge in [0.2, 0.25) is 15.9 Å². The predicted molar refractivity (Wildman–Crippen MR) is 124 cm³/mol. The van der Waals surface area contributed by atoms with Gasteiger partial charge in [0.1, 0.15) is 6.54 Å². The number of carbonyl (C=O) groups is 1. The number of nitrogens with one attached hydrogen (secondary N) is 2. The van der Waals surface area contributed by atoms with Crippen LogP contribution in [0.25, 0.3) is 0 Å². The Balaban J connectivity index is 1.37. The van der Waals surface area contributed by atoms with Gasteiger partial charge in [0, 0.05) is 19.0 Å². The molecule has 1 amide bonds. The molecule has 2 aromatic carbocycles. The number of piperidine rings is 1. The van der Waals surface area contributed by atoms with E-state index in [1.165, 1.54) is 22.0 Å². The molecular formula is C24H28F3N3O3S. The standard InChI is InChI=1S/C24H28F3N3O3S/c25-24(26,27)16-28-21-7-3-4-8-22(21)29-23(31)18-11-13-30(14-12-18)34(32,33)20-10-9-17-5-1-2-6-19(17)15-20/h3-4,7-10,15,18,28H,1-2,5-6,11-14,16H2,(H,29,31). The van der Waals surface area contributed by atoms with Crippen molar-refractivity contribution in [1.82, 2.24) is 4.31 Å². The molecule has 0 aromatic heterocycles. The van der Waals surface area contributed by atoms with Crippen LogP contribution in [0.2, 0.25) is 0 Å². The lowest BCUT2D eigenvalue weighted by Gasteiger charge is -2.31. The van der Waals surface area contributed by atoms with E-state index in [9.17, 15) is 26.4 Å². The molecule has 6 nitrogen and oxygen atoms in total. The highest BCUT2D eigenvalue weighted by Crippen LogP contribution is 2.30. The first-order valence-electron chi connectivity index (χ1n) is 11.5. The number of nitrogens with zero attached hydrogens (tertiary/aromatic N) is 1. The molecule has 1 aliphatic heterocycles. The zero-order chi connectivity index (χ0) is 24.3. The minimum absolute atomic E-state index is 0.181. The van der Waals surface area contributed by atoms with Crippen LogP contribution in [0.15, 0.2) is 47.4 Å². The maximum Gasteiger partial charge on any atom is 0.405 e. The van der Waals surface area contributed by atoms with E-state index in [2.05, 4.69) is 10.6 Å². The molecule has 2 aromatic rings. The Morgan fingerprint density at radius 2 is 1.62 bits per heavy atom. The number of hydrogen-bond acceptors (Lipinski definition) is 4. The van der Waals surface area contributed by atoms with Crippen molar-refractivity contribution in [1.29, 1.82) is 0 Å². The van der Waals surface area contributed by atoms with E-state index in [0.29, 0.717) is 17.7 Å². The van der Waals surface area contributed by atoms with Gasteiger partial charge in [-0.25, -0.2) is 8.42 Å². The van der Waals surface area contributed by atoms with Crippen molar-refractivity contribution in [3.8, 4) is 0 Å². The van der Waals surface area contributed by atoms with Crippen LogP contribution in [0.4, 0.5) is 24.5 Å². The highest BCUT2D eigenvalue weighted by Gasteiger charge is 2.33. The molecule has 2 N–H and O–H groups in total. The van der Waals surface area contributed by atoms with Gasteiger partial charge in [-0.1, -0.05) is 18.2 Å². The summed E-state index contributed by atoms with van der Waals surface area (Å²) >= 11 is 0. The van der Waals surface area contributed by atoms with Crippen LogP contribution in [0.3, 0.4) is 0 Å². The Labute approximate surface area is 197 Å². The lowest BCUT2D eigenvalue weighted by atomic mass is 9.92. The second-order valence-electron chi connectivity index (χ2n) is 8.82. The summed E-state index contributed by atoms with van der Waals surface area (Å²) in [5.41, 5.74) is 2.76. The lowest BCUT2D eigenvalue weighted by molar-refractivity contribution is -0.121. The van der Waals surface area contributed by atoms with Crippen molar-refractivity contribution in [3.05, 3.63) is 53.6 Å². The highest BCUT2D eigenvalue weighted by atomic mass is 32.2. The van der Waals surface area contributed by atoms with Gasteiger partial charge in [-0.3, -0.25) is 4.79 Å². The van der Waals surface area contributed by atoms with E-state index in [1.54, 1.807) is 24.3 Å². The van der Waals surface area contributed by atoms with Crippen LogP contribution >= 0.6 is 0 Å². The monoisotopic (exact) mass is 495 g/mol. The molecule has 1 fully saturated rings. The zero-order valence-corrected chi connectivity index (χ0v) is 19.5. The second kappa shape index (κ2) is 9.95. The van der Waals surface area contributed by atoms with Gasteiger partial charge in [-0.15, -0.1) is 0 Å². The number of sulfonamides is 1. The van der Waals surface area contributed by atoms with E-state index in [4.69, 9.17) is 0 Å². The molecule has 1 aliphatic carbocycles. The number of aryl methyl sites for hydroxylation is 2. The van der Waals surface area contributed by atoms with Crippen LogP contribution in [-0.2, 0) is 27.7 Å². The van der Waals surface area contributed by atoms with E-state index in [0.717, 1.165) is 31.2 Å². The zero-order valence-electron chi connectivity index (χ0n) is 18.7. The SMILES string of the molecule is O=C(Nc1ccccc1NCC(F)(F)F)C1CCN(S(=O)(=O)c2ccc3c(c2)CCCC3)CC1. The number of rotatable bonds is 6. The van der Waals surface area contributed by atoms with Gasteiger partial charge in [-0.2, -0.15) is 17.5 Å². The molecule has 0 unspecified atom stereocenters. The second-order valence-corrected chi connectivity index (χ2v) is 10.8. The number of benzene rings is 2. The van der Waals surface area contributed by atoms with Gasteiger partial charge in [-0.05, 0) is 73.9 Å².